The Bertz CT molecular complexity index is 2300. The third-order valence-corrected chi connectivity index (χ3v) is 12.6. The van der Waals surface area contributed by atoms with Gasteiger partial charge in [0, 0.05) is 128 Å². The van der Waals surface area contributed by atoms with Crippen LogP contribution >= 0.6 is 0 Å². The van der Waals surface area contributed by atoms with Gasteiger partial charge >= 0.3 is 6.03 Å². The van der Waals surface area contributed by atoms with Crippen LogP contribution in [0.4, 0.5) is 21.9 Å². The Morgan fingerprint density at radius 2 is 1.60 bits per heavy atom. The largest absolute Gasteiger partial charge is 0.372 e. The lowest BCUT2D eigenvalue weighted by Gasteiger charge is -2.40. The first kappa shape index (κ1) is 33.8. The van der Waals surface area contributed by atoms with Crippen LogP contribution < -0.4 is 25.3 Å². The number of carbonyl (C=O) groups is 3. The van der Waals surface area contributed by atoms with Crippen molar-refractivity contribution in [2.75, 3.05) is 73.6 Å². The Balaban J connectivity index is 0.737. The average Bonchev–Trinajstić information content (AvgIpc) is 3.85. The van der Waals surface area contributed by atoms with Gasteiger partial charge in [0.15, 0.2) is 0 Å². The van der Waals surface area contributed by atoms with Gasteiger partial charge in [-0.15, -0.1) is 0 Å². The first-order valence-corrected chi connectivity index (χ1v) is 19.7. The quantitative estimate of drug-likeness (QED) is 0.199. The SMILES string of the molecule is O=C1CCN(c2cncc3c(N4CCN(CC5CCN(c6ccc(-c7cc(-c8cc9c([nH]8)C8(CC8)CNC9=O)ccn7)cc6)CC5)CC4)cccc23)C(=O)N1. The van der Waals surface area contributed by atoms with Crippen LogP contribution in [0.25, 0.3) is 33.3 Å². The summed E-state index contributed by atoms with van der Waals surface area (Å²) in [5, 5.41) is 7.51. The molecule has 55 heavy (non-hydrogen) atoms. The summed E-state index contributed by atoms with van der Waals surface area (Å²) < 4.78 is 0. The van der Waals surface area contributed by atoms with Crippen molar-refractivity contribution >= 4 is 45.7 Å². The number of benzene rings is 2. The first-order valence-electron chi connectivity index (χ1n) is 19.7. The van der Waals surface area contributed by atoms with E-state index in [0.717, 1.165) is 121 Å². The maximum absolute atomic E-state index is 12.6. The number of carbonyl (C=O) groups excluding carboxylic acids is 3. The van der Waals surface area contributed by atoms with E-state index in [1.807, 2.05) is 30.6 Å². The van der Waals surface area contributed by atoms with E-state index >= 15 is 0 Å². The molecule has 5 aliphatic rings. The highest BCUT2D eigenvalue weighted by Crippen LogP contribution is 2.50. The third-order valence-electron chi connectivity index (χ3n) is 12.6. The number of pyridine rings is 2. The van der Waals surface area contributed by atoms with E-state index in [0.29, 0.717) is 12.5 Å². The molecule has 5 aromatic rings. The van der Waals surface area contributed by atoms with Crippen LogP contribution in [0.2, 0.25) is 0 Å². The predicted octanol–water partition coefficient (Wildman–Crippen LogP) is 5.55. The van der Waals surface area contributed by atoms with Crippen LogP contribution in [-0.4, -0.2) is 96.6 Å². The van der Waals surface area contributed by atoms with Gasteiger partial charge < -0.3 is 20.1 Å². The van der Waals surface area contributed by atoms with Crippen molar-refractivity contribution in [2.45, 2.75) is 37.5 Å². The topological polar surface area (TPSA) is 130 Å². The van der Waals surface area contributed by atoms with Gasteiger partial charge in [0.2, 0.25) is 5.91 Å². The van der Waals surface area contributed by atoms with Crippen molar-refractivity contribution in [2.24, 2.45) is 5.92 Å². The van der Waals surface area contributed by atoms with Crippen LogP contribution in [0, 0.1) is 5.92 Å². The fourth-order valence-electron chi connectivity index (χ4n) is 9.18. The standard InChI is InChI=1S/C43H45N9O3/c53-39-11-17-52(42(55)48-39)38-25-44-24-34-32(38)2-1-3-37(34)51-20-18-49(19-21-51)26-28-9-15-50(16-10-28)31-6-4-29(5-7-31)35-22-30(8-14-45-35)36-23-33-40(47-36)43(12-13-43)27-46-41(33)54/h1-8,14,22-25,28,47H,9-13,15-21,26-27H2,(H,46,54)(H,48,53,55). The Morgan fingerprint density at radius 3 is 2.38 bits per heavy atom. The van der Waals surface area contributed by atoms with Crippen LogP contribution in [0.15, 0.2) is 79.3 Å². The number of imide groups is 1. The lowest BCUT2D eigenvalue weighted by Crippen LogP contribution is -2.49. The van der Waals surface area contributed by atoms with Crippen molar-refractivity contribution in [1.82, 2.24) is 30.5 Å². The first-order chi connectivity index (χ1) is 26.9. The molecule has 3 saturated heterocycles. The fourth-order valence-corrected chi connectivity index (χ4v) is 9.18. The summed E-state index contributed by atoms with van der Waals surface area (Å²) in [6.07, 6.45) is 10.4. The number of hydrogen-bond acceptors (Lipinski definition) is 8. The molecule has 4 fully saturated rings. The number of piperidine rings is 1. The summed E-state index contributed by atoms with van der Waals surface area (Å²) in [7, 11) is 0. The number of fused-ring (bicyclic) bond motifs is 3. The number of hydrogen-bond donors (Lipinski definition) is 3. The zero-order valence-corrected chi connectivity index (χ0v) is 30.9. The van der Waals surface area contributed by atoms with Crippen molar-refractivity contribution in [3.8, 4) is 22.5 Å². The van der Waals surface area contributed by atoms with E-state index in [-0.39, 0.29) is 29.7 Å². The molecule has 0 atom stereocenters. The third kappa shape index (κ3) is 6.27. The van der Waals surface area contributed by atoms with Gasteiger partial charge in [0.05, 0.1) is 23.1 Å². The van der Waals surface area contributed by atoms with Gasteiger partial charge in [-0.3, -0.25) is 34.7 Å². The monoisotopic (exact) mass is 735 g/mol. The summed E-state index contributed by atoms with van der Waals surface area (Å²) in [5.41, 5.74) is 9.14. The highest BCUT2D eigenvalue weighted by molar-refractivity contribution is 6.11. The van der Waals surface area contributed by atoms with E-state index < -0.39 is 0 Å². The van der Waals surface area contributed by atoms with E-state index in [4.69, 9.17) is 4.98 Å². The van der Waals surface area contributed by atoms with Crippen molar-refractivity contribution < 1.29 is 14.4 Å². The number of piperazine rings is 1. The number of nitrogens with one attached hydrogen (secondary N) is 3. The molecule has 0 radical (unpaired) electrons. The van der Waals surface area contributed by atoms with E-state index in [2.05, 4.69) is 77.8 Å². The number of rotatable bonds is 7. The van der Waals surface area contributed by atoms with Crippen molar-refractivity contribution in [1.29, 1.82) is 0 Å². The molecule has 12 heteroatoms. The summed E-state index contributed by atoms with van der Waals surface area (Å²) in [5.74, 6) is 0.458. The van der Waals surface area contributed by atoms with Gasteiger partial charge in [-0.05, 0) is 68.0 Å². The number of aromatic nitrogens is 3. The minimum Gasteiger partial charge on any atom is -0.372 e. The molecule has 10 rings (SSSR count). The fraction of sp³-hybridized carbons (Fsp3) is 0.372. The molecule has 1 aliphatic carbocycles. The van der Waals surface area contributed by atoms with Crippen LogP contribution in [0.1, 0.15) is 48.2 Å². The smallest absolute Gasteiger partial charge is 0.328 e. The molecule has 1 spiro atoms. The molecule has 0 unspecified atom stereocenters. The number of nitrogens with zero attached hydrogens (tertiary/aromatic N) is 6. The second-order valence-corrected chi connectivity index (χ2v) is 15.9. The molecule has 12 nitrogen and oxygen atoms in total. The molecule has 0 bridgehead atoms. The molecule has 2 aromatic carbocycles. The highest BCUT2D eigenvalue weighted by atomic mass is 16.2. The molecule has 280 valence electrons. The average molecular weight is 736 g/mol. The Hall–Kier alpha value is -5.75. The minimum absolute atomic E-state index is 0.0159. The van der Waals surface area contributed by atoms with E-state index in [1.54, 1.807) is 11.1 Å². The molecule has 3 N–H and O–H groups in total. The Kier molecular flexibility index (Phi) is 8.31. The molecular formula is C43H45N9O3. The predicted molar refractivity (Wildman–Crippen MR) is 214 cm³/mol. The van der Waals surface area contributed by atoms with Crippen molar-refractivity contribution in [3.63, 3.8) is 0 Å². The van der Waals surface area contributed by atoms with Gasteiger partial charge in [-0.25, -0.2) is 4.79 Å². The minimum atomic E-state index is -0.389. The molecular weight excluding hydrogens is 691 g/mol. The van der Waals surface area contributed by atoms with Gasteiger partial charge in [0.25, 0.3) is 5.91 Å². The van der Waals surface area contributed by atoms with Crippen LogP contribution in [0.5, 0.6) is 0 Å². The van der Waals surface area contributed by atoms with Crippen LogP contribution in [-0.2, 0) is 10.2 Å². The van der Waals surface area contributed by atoms with E-state index in [9.17, 15) is 14.4 Å². The summed E-state index contributed by atoms with van der Waals surface area (Å²) in [6, 6.07) is 20.8. The normalized spacial score (nSPS) is 20.1. The maximum atomic E-state index is 12.6. The highest BCUT2D eigenvalue weighted by Gasteiger charge is 2.50. The number of anilines is 3. The zero-order chi connectivity index (χ0) is 37.1. The van der Waals surface area contributed by atoms with Gasteiger partial charge in [-0.2, -0.15) is 0 Å². The Morgan fingerprint density at radius 1 is 0.782 bits per heavy atom. The molecule has 7 heterocycles. The van der Waals surface area contributed by atoms with Crippen LogP contribution in [0.3, 0.4) is 0 Å². The number of H-pyrrole nitrogens is 1. The lowest BCUT2D eigenvalue weighted by molar-refractivity contribution is -0.120. The van der Waals surface area contributed by atoms with Gasteiger partial charge in [0.1, 0.15) is 0 Å². The molecule has 3 aromatic heterocycles. The van der Waals surface area contributed by atoms with E-state index in [1.165, 1.54) is 18.5 Å². The number of amides is 4. The van der Waals surface area contributed by atoms with Crippen molar-refractivity contribution in [3.05, 3.63) is 90.5 Å². The summed E-state index contributed by atoms with van der Waals surface area (Å²) in [4.78, 5) is 58.9. The summed E-state index contributed by atoms with van der Waals surface area (Å²) >= 11 is 0. The molecule has 4 amide bonds. The number of aromatic amines is 1. The Labute approximate surface area is 319 Å². The lowest BCUT2D eigenvalue weighted by atomic mass is 9.95. The second kappa shape index (κ2) is 13.5. The second-order valence-electron chi connectivity index (χ2n) is 15.9. The molecule has 1 saturated carbocycles. The maximum Gasteiger partial charge on any atom is 0.328 e. The summed E-state index contributed by atoms with van der Waals surface area (Å²) in [6.45, 7) is 8.23. The van der Waals surface area contributed by atoms with Gasteiger partial charge in [-0.1, -0.05) is 24.3 Å². The zero-order valence-electron chi connectivity index (χ0n) is 30.9. The molecule has 4 aliphatic heterocycles. The number of urea groups is 1.